The van der Waals surface area contributed by atoms with Gasteiger partial charge in [-0.05, 0) is 111 Å². The molecule has 0 aliphatic heterocycles. The lowest BCUT2D eigenvalue weighted by molar-refractivity contribution is 1.08. The zero-order chi connectivity index (χ0) is 38.2. The summed E-state index contributed by atoms with van der Waals surface area (Å²) in [6.45, 7) is 0. The number of benzene rings is 11. The molecule has 0 saturated heterocycles. The van der Waals surface area contributed by atoms with Crippen LogP contribution in [0.15, 0.2) is 200 Å². The average Bonchev–Trinajstić information content (AvgIpc) is 3.29. The van der Waals surface area contributed by atoms with E-state index in [1.165, 1.54) is 54.2 Å². The second-order valence-electron chi connectivity index (χ2n) is 15.2. The van der Waals surface area contributed by atoms with Gasteiger partial charge in [-0.1, -0.05) is 176 Å². The van der Waals surface area contributed by atoms with Gasteiger partial charge in [0.15, 0.2) is 17.5 Å². The first-order chi connectivity index (χ1) is 28.7. The second-order valence-corrected chi connectivity index (χ2v) is 15.2. The summed E-state index contributed by atoms with van der Waals surface area (Å²) >= 11 is 0. The Labute approximate surface area is 334 Å². The van der Waals surface area contributed by atoms with Crippen LogP contribution in [0.2, 0.25) is 0 Å². The Hall–Kier alpha value is -7.75. The third kappa shape index (κ3) is 5.18. The molecule has 0 saturated carbocycles. The van der Waals surface area contributed by atoms with Crippen LogP contribution in [0.3, 0.4) is 0 Å². The highest BCUT2D eigenvalue weighted by Crippen LogP contribution is 2.46. The smallest absolute Gasteiger partial charge is 0.165 e. The van der Waals surface area contributed by atoms with Crippen molar-refractivity contribution in [2.75, 3.05) is 0 Å². The first kappa shape index (κ1) is 32.5. The lowest BCUT2D eigenvalue weighted by Crippen LogP contribution is -2.02. The molecule has 1 heterocycles. The van der Waals surface area contributed by atoms with Crippen LogP contribution in [0.5, 0.6) is 0 Å². The van der Waals surface area contributed by atoms with Crippen molar-refractivity contribution in [3.8, 4) is 45.3 Å². The van der Waals surface area contributed by atoms with Crippen molar-refractivity contribution >= 4 is 75.4 Å². The summed E-state index contributed by atoms with van der Waals surface area (Å²) in [5.41, 5.74) is 5.31. The molecule has 3 heteroatoms. The molecule has 0 spiro atoms. The van der Waals surface area contributed by atoms with Gasteiger partial charge >= 0.3 is 0 Å². The minimum Gasteiger partial charge on any atom is -0.208 e. The van der Waals surface area contributed by atoms with Gasteiger partial charge < -0.3 is 0 Å². The third-order valence-electron chi connectivity index (χ3n) is 11.8. The van der Waals surface area contributed by atoms with Crippen LogP contribution in [0.4, 0.5) is 0 Å². The van der Waals surface area contributed by atoms with E-state index < -0.39 is 0 Å². The van der Waals surface area contributed by atoms with Crippen LogP contribution in [-0.2, 0) is 0 Å². The highest BCUT2D eigenvalue weighted by molar-refractivity contribution is 6.25. The lowest BCUT2D eigenvalue weighted by Gasteiger charge is -2.19. The predicted molar refractivity (Wildman–Crippen MR) is 244 cm³/mol. The molecule has 268 valence electrons. The summed E-state index contributed by atoms with van der Waals surface area (Å²) in [6, 6.07) is 71.9. The lowest BCUT2D eigenvalue weighted by atomic mass is 9.85. The van der Waals surface area contributed by atoms with Gasteiger partial charge in [-0.15, -0.1) is 0 Å². The molecule has 0 N–H and O–H groups in total. The largest absolute Gasteiger partial charge is 0.208 e. The molecule has 58 heavy (non-hydrogen) atoms. The molecule has 0 aliphatic carbocycles. The molecule has 3 nitrogen and oxygen atoms in total. The van der Waals surface area contributed by atoms with Gasteiger partial charge in [-0.3, -0.25) is 0 Å². The molecule has 1 aromatic heterocycles. The van der Waals surface area contributed by atoms with Crippen molar-refractivity contribution in [2.24, 2.45) is 0 Å². The summed E-state index contributed by atoms with van der Waals surface area (Å²) in [4.78, 5) is 15.9. The normalized spacial score (nSPS) is 11.8. The Kier molecular flexibility index (Phi) is 7.23. The maximum Gasteiger partial charge on any atom is 0.165 e. The highest BCUT2D eigenvalue weighted by atomic mass is 15.0. The molecular weight excluding hydrogens is 703 g/mol. The van der Waals surface area contributed by atoms with Crippen LogP contribution < -0.4 is 0 Å². The maximum atomic E-state index is 5.36. The van der Waals surface area contributed by atoms with Crippen LogP contribution in [0, 0.1) is 0 Å². The van der Waals surface area contributed by atoms with Crippen LogP contribution in [0.1, 0.15) is 0 Å². The molecule has 0 bridgehead atoms. The van der Waals surface area contributed by atoms with Crippen molar-refractivity contribution in [3.05, 3.63) is 200 Å². The van der Waals surface area contributed by atoms with E-state index in [0.717, 1.165) is 49.0 Å². The van der Waals surface area contributed by atoms with Crippen LogP contribution >= 0.6 is 0 Å². The van der Waals surface area contributed by atoms with Crippen LogP contribution in [-0.4, -0.2) is 15.0 Å². The molecule has 0 fully saturated rings. The minimum absolute atomic E-state index is 0.643. The molecule has 0 atom stereocenters. The second kappa shape index (κ2) is 12.9. The summed E-state index contributed by atoms with van der Waals surface area (Å²) < 4.78 is 0. The Morgan fingerprint density at radius 3 is 1.22 bits per heavy atom. The van der Waals surface area contributed by atoms with Crippen molar-refractivity contribution in [1.82, 2.24) is 15.0 Å². The van der Waals surface area contributed by atoms with Gasteiger partial charge in [0.05, 0.1) is 0 Å². The van der Waals surface area contributed by atoms with Gasteiger partial charge in [0.1, 0.15) is 0 Å². The third-order valence-corrected chi connectivity index (χ3v) is 11.8. The monoisotopic (exact) mass is 735 g/mol. The molecule has 0 amide bonds. The molecule has 0 radical (unpaired) electrons. The summed E-state index contributed by atoms with van der Waals surface area (Å²) in [5.74, 6) is 1.94. The fourth-order valence-electron chi connectivity index (χ4n) is 9.06. The van der Waals surface area contributed by atoms with Crippen molar-refractivity contribution < 1.29 is 0 Å². The van der Waals surface area contributed by atoms with E-state index in [9.17, 15) is 0 Å². The van der Waals surface area contributed by atoms with E-state index in [1.807, 2.05) is 0 Å². The molecule has 0 unspecified atom stereocenters. The van der Waals surface area contributed by atoms with E-state index in [2.05, 4.69) is 200 Å². The van der Waals surface area contributed by atoms with Gasteiger partial charge in [-0.2, -0.15) is 0 Å². The van der Waals surface area contributed by atoms with Crippen molar-refractivity contribution in [3.63, 3.8) is 0 Å². The predicted octanol–water partition coefficient (Wildman–Crippen LogP) is 14.6. The van der Waals surface area contributed by atoms with E-state index in [-0.39, 0.29) is 0 Å². The standard InChI is InChI=1S/C55H33N3/c1-3-14-36-31-41(26-24-34(36)12-1)53-56-54(42-27-25-35-13-2-4-15-37(35)32-42)58-55(57-53)52-48-20-9-7-18-46(48)51(47-19-8-10-21-49(47)52)45-23-11-22-43-44(45)29-28-40-30-38-16-5-6-17-39(38)33-50(40)43/h1-33H. The van der Waals surface area contributed by atoms with Gasteiger partial charge in [0.2, 0.25) is 0 Å². The van der Waals surface area contributed by atoms with E-state index in [0.29, 0.717) is 17.5 Å². The zero-order valence-corrected chi connectivity index (χ0v) is 31.4. The quantitative estimate of drug-likeness (QED) is 0.133. The number of rotatable bonds is 4. The molecule has 0 aliphatic rings. The van der Waals surface area contributed by atoms with Crippen molar-refractivity contribution in [1.29, 1.82) is 0 Å². The number of nitrogens with zero attached hydrogens (tertiary/aromatic N) is 3. The number of aromatic nitrogens is 3. The molecule has 11 aromatic carbocycles. The van der Waals surface area contributed by atoms with E-state index in [4.69, 9.17) is 15.0 Å². The van der Waals surface area contributed by atoms with Gasteiger partial charge in [0.25, 0.3) is 0 Å². The van der Waals surface area contributed by atoms with Crippen molar-refractivity contribution in [2.45, 2.75) is 0 Å². The van der Waals surface area contributed by atoms with E-state index in [1.54, 1.807) is 0 Å². The number of hydrogen-bond donors (Lipinski definition) is 0. The number of fused-ring (bicyclic) bond motifs is 8. The SMILES string of the molecule is c1ccc2cc(-c3nc(-c4ccc5ccccc5c4)nc(-c4c5ccccc5c(-c5cccc6c5ccc5cc7ccccc7cc56)c5ccccc45)n3)ccc2c1. The Bertz CT molecular complexity index is 3490. The summed E-state index contributed by atoms with van der Waals surface area (Å²) in [7, 11) is 0. The first-order valence-electron chi connectivity index (χ1n) is 19.8. The van der Waals surface area contributed by atoms with E-state index >= 15 is 0 Å². The summed E-state index contributed by atoms with van der Waals surface area (Å²) in [5, 5.41) is 16.6. The summed E-state index contributed by atoms with van der Waals surface area (Å²) in [6.07, 6.45) is 0. The van der Waals surface area contributed by atoms with Gasteiger partial charge in [0, 0.05) is 16.7 Å². The Morgan fingerprint density at radius 2 is 0.655 bits per heavy atom. The minimum atomic E-state index is 0.643. The highest BCUT2D eigenvalue weighted by Gasteiger charge is 2.22. The molecule has 12 rings (SSSR count). The van der Waals surface area contributed by atoms with Gasteiger partial charge in [-0.25, -0.2) is 15.0 Å². The maximum absolute atomic E-state index is 5.36. The topological polar surface area (TPSA) is 38.7 Å². The zero-order valence-electron chi connectivity index (χ0n) is 31.4. The molecular formula is C55H33N3. The first-order valence-corrected chi connectivity index (χ1v) is 19.8. The average molecular weight is 736 g/mol. The molecule has 12 aromatic rings. The Morgan fingerprint density at radius 1 is 0.224 bits per heavy atom. The Balaban J connectivity index is 1.14. The fraction of sp³-hybridized carbons (Fsp3) is 0. The fourth-order valence-corrected chi connectivity index (χ4v) is 9.06. The van der Waals surface area contributed by atoms with Crippen LogP contribution in [0.25, 0.3) is 121 Å². The number of hydrogen-bond acceptors (Lipinski definition) is 3.